The highest BCUT2D eigenvalue weighted by atomic mass is 19.1. The van der Waals surface area contributed by atoms with Crippen molar-refractivity contribution in [2.45, 2.75) is 12.8 Å². The summed E-state index contributed by atoms with van der Waals surface area (Å²) in [6, 6.07) is 3.44. The van der Waals surface area contributed by atoms with Gasteiger partial charge in [-0.15, -0.1) is 0 Å². The summed E-state index contributed by atoms with van der Waals surface area (Å²) >= 11 is 0. The molecule has 0 aromatic heterocycles. The van der Waals surface area contributed by atoms with Crippen LogP contribution in [0.15, 0.2) is 18.2 Å². The van der Waals surface area contributed by atoms with Crippen molar-refractivity contribution in [1.82, 2.24) is 9.80 Å². The molecule has 7 heteroatoms. The number of halogens is 2. The number of hydrogen-bond acceptors (Lipinski definition) is 3. The predicted octanol–water partition coefficient (Wildman–Crippen LogP) is 1.46. The van der Waals surface area contributed by atoms with E-state index in [2.05, 4.69) is 5.32 Å². The van der Waals surface area contributed by atoms with Crippen LogP contribution < -0.4 is 5.32 Å². The first-order valence-corrected chi connectivity index (χ1v) is 7.79. The van der Waals surface area contributed by atoms with E-state index in [9.17, 15) is 18.4 Å². The maximum absolute atomic E-state index is 13.5. The summed E-state index contributed by atoms with van der Waals surface area (Å²) in [6.07, 6.45) is 1.96. The number of rotatable bonds is 4. The number of piperazine rings is 1. The summed E-state index contributed by atoms with van der Waals surface area (Å²) in [5.41, 5.74) is -0.417. The number of hydrogen-bond donors (Lipinski definition) is 1. The van der Waals surface area contributed by atoms with E-state index < -0.39 is 23.2 Å². The topological polar surface area (TPSA) is 52.7 Å². The zero-order valence-corrected chi connectivity index (χ0v) is 12.7. The van der Waals surface area contributed by atoms with Gasteiger partial charge in [0.05, 0.1) is 6.54 Å². The van der Waals surface area contributed by atoms with Crippen molar-refractivity contribution in [2.75, 3.05) is 38.0 Å². The van der Waals surface area contributed by atoms with Gasteiger partial charge in [0, 0.05) is 32.1 Å². The Morgan fingerprint density at radius 2 is 1.70 bits per heavy atom. The van der Waals surface area contributed by atoms with Gasteiger partial charge >= 0.3 is 0 Å². The second-order valence-electron chi connectivity index (χ2n) is 6.02. The van der Waals surface area contributed by atoms with Crippen LogP contribution in [0.1, 0.15) is 12.8 Å². The van der Waals surface area contributed by atoms with Gasteiger partial charge < -0.3 is 10.2 Å². The molecule has 1 saturated heterocycles. The average Bonchev–Trinajstić information content (AvgIpc) is 3.36. The number of anilines is 1. The number of para-hydroxylation sites is 1. The summed E-state index contributed by atoms with van der Waals surface area (Å²) in [4.78, 5) is 27.6. The highest BCUT2D eigenvalue weighted by Crippen LogP contribution is 2.31. The molecule has 23 heavy (non-hydrogen) atoms. The van der Waals surface area contributed by atoms with E-state index in [1.807, 2.05) is 9.80 Å². The number of carbonyl (C=O) groups excluding carboxylic acids is 2. The minimum atomic E-state index is -0.793. The Kier molecular flexibility index (Phi) is 4.56. The van der Waals surface area contributed by atoms with E-state index in [0.29, 0.717) is 26.2 Å². The molecule has 1 aliphatic carbocycles. The lowest BCUT2D eigenvalue weighted by Gasteiger charge is -2.34. The highest BCUT2D eigenvalue weighted by Gasteiger charge is 2.34. The normalized spacial score (nSPS) is 18.8. The lowest BCUT2D eigenvalue weighted by Crippen LogP contribution is -2.50. The summed E-state index contributed by atoms with van der Waals surface area (Å²) in [6.45, 7) is 2.42. The molecule has 5 nitrogen and oxygen atoms in total. The molecule has 3 rings (SSSR count). The molecule has 2 fully saturated rings. The van der Waals surface area contributed by atoms with Crippen LogP contribution in [0.2, 0.25) is 0 Å². The van der Waals surface area contributed by atoms with Gasteiger partial charge in [0.15, 0.2) is 0 Å². The zero-order chi connectivity index (χ0) is 16.4. The predicted molar refractivity (Wildman–Crippen MR) is 80.7 cm³/mol. The summed E-state index contributed by atoms with van der Waals surface area (Å²) in [7, 11) is 0. The smallest absolute Gasteiger partial charge is 0.238 e. The van der Waals surface area contributed by atoms with E-state index in [0.717, 1.165) is 25.0 Å². The van der Waals surface area contributed by atoms with Gasteiger partial charge in [0.25, 0.3) is 0 Å². The summed E-state index contributed by atoms with van der Waals surface area (Å²) < 4.78 is 27.0. The first-order valence-electron chi connectivity index (χ1n) is 7.79. The molecule has 0 atom stereocenters. The maximum Gasteiger partial charge on any atom is 0.238 e. The minimum Gasteiger partial charge on any atom is -0.340 e. The van der Waals surface area contributed by atoms with Crippen molar-refractivity contribution in [3.63, 3.8) is 0 Å². The monoisotopic (exact) mass is 323 g/mol. The van der Waals surface area contributed by atoms with E-state index >= 15 is 0 Å². The summed E-state index contributed by atoms with van der Waals surface area (Å²) in [5, 5.41) is 2.28. The van der Waals surface area contributed by atoms with Gasteiger partial charge in [-0.3, -0.25) is 14.5 Å². The van der Waals surface area contributed by atoms with Crippen molar-refractivity contribution >= 4 is 17.5 Å². The summed E-state index contributed by atoms with van der Waals surface area (Å²) in [5.74, 6) is -1.64. The number of nitrogens with one attached hydrogen (secondary N) is 1. The maximum atomic E-state index is 13.5. The molecular formula is C16H19F2N3O2. The Bertz CT molecular complexity index is 591. The molecule has 1 aromatic carbocycles. The molecule has 1 aromatic rings. The Hall–Kier alpha value is -2.02. The molecule has 0 radical (unpaired) electrons. The van der Waals surface area contributed by atoms with Crippen LogP contribution in [0.3, 0.4) is 0 Å². The quantitative estimate of drug-likeness (QED) is 0.913. The van der Waals surface area contributed by atoms with Gasteiger partial charge in [-0.2, -0.15) is 0 Å². The van der Waals surface area contributed by atoms with Crippen LogP contribution in [0, 0.1) is 17.6 Å². The van der Waals surface area contributed by atoms with E-state index in [1.54, 1.807) is 0 Å². The van der Waals surface area contributed by atoms with Crippen molar-refractivity contribution < 1.29 is 18.4 Å². The third-order valence-corrected chi connectivity index (χ3v) is 4.20. The fourth-order valence-electron chi connectivity index (χ4n) is 2.71. The Morgan fingerprint density at radius 3 is 2.26 bits per heavy atom. The van der Waals surface area contributed by atoms with E-state index in [4.69, 9.17) is 0 Å². The standard InChI is InChI=1S/C16H19F2N3O2/c17-12-2-1-3-13(18)15(12)19-14(22)10-20-6-8-21(9-7-20)16(23)11-4-5-11/h1-3,11H,4-10H2,(H,19,22). The Balaban J connectivity index is 1.48. The molecule has 0 unspecified atom stereocenters. The van der Waals surface area contributed by atoms with Crippen LogP contribution in [-0.4, -0.2) is 54.3 Å². The molecule has 2 amide bonds. The SMILES string of the molecule is O=C(CN1CCN(C(=O)C2CC2)CC1)Nc1c(F)cccc1F. The molecule has 1 aliphatic heterocycles. The molecule has 1 N–H and O–H groups in total. The Labute approximate surface area is 133 Å². The second kappa shape index (κ2) is 6.62. The van der Waals surface area contributed by atoms with Crippen LogP contribution in [0.25, 0.3) is 0 Å². The van der Waals surface area contributed by atoms with Gasteiger partial charge in [0.1, 0.15) is 17.3 Å². The molecule has 124 valence electrons. The fraction of sp³-hybridized carbons (Fsp3) is 0.500. The van der Waals surface area contributed by atoms with Gasteiger partial charge in [0.2, 0.25) is 11.8 Å². The number of nitrogens with zero attached hydrogens (tertiary/aromatic N) is 2. The first kappa shape index (κ1) is 15.9. The Morgan fingerprint density at radius 1 is 1.09 bits per heavy atom. The van der Waals surface area contributed by atoms with Crippen molar-refractivity contribution in [3.8, 4) is 0 Å². The molecular weight excluding hydrogens is 304 g/mol. The van der Waals surface area contributed by atoms with Crippen LogP contribution in [0.4, 0.5) is 14.5 Å². The largest absolute Gasteiger partial charge is 0.340 e. The third-order valence-electron chi connectivity index (χ3n) is 4.20. The molecule has 1 saturated carbocycles. The number of benzene rings is 1. The third kappa shape index (κ3) is 3.85. The van der Waals surface area contributed by atoms with Crippen molar-refractivity contribution in [1.29, 1.82) is 0 Å². The van der Waals surface area contributed by atoms with Crippen molar-refractivity contribution in [3.05, 3.63) is 29.8 Å². The number of amides is 2. The van der Waals surface area contributed by atoms with Crippen LogP contribution in [0.5, 0.6) is 0 Å². The number of carbonyl (C=O) groups is 2. The van der Waals surface area contributed by atoms with Gasteiger partial charge in [-0.25, -0.2) is 8.78 Å². The lowest BCUT2D eigenvalue weighted by molar-refractivity contribution is -0.134. The van der Waals surface area contributed by atoms with Crippen LogP contribution >= 0.6 is 0 Å². The van der Waals surface area contributed by atoms with Gasteiger partial charge in [-0.1, -0.05) is 6.07 Å². The van der Waals surface area contributed by atoms with Crippen LogP contribution in [-0.2, 0) is 9.59 Å². The molecule has 0 spiro atoms. The van der Waals surface area contributed by atoms with Crippen molar-refractivity contribution in [2.24, 2.45) is 5.92 Å². The highest BCUT2D eigenvalue weighted by molar-refractivity contribution is 5.92. The zero-order valence-electron chi connectivity index (χ0n) is 12.7. The second-order valence-corrected chi connectivity index (χ2v) is 6.02. The molecule has 2 aliphatic rings. The lowest BCUT2D eigenvalue weighted by atomic mass is 10.2. The molecule has 1 heterocycles. The first-order chi connectivity index (χ1) is 11.0. The fourth-order valence-corrected chi connectivity index (χ4v) is 2.71. The minimum absolute atomic E-state index is 0.0548. The average molecular weight is 323 g/mol. The van der Waals surface area contributed by atoms with E-state index in [-0.39, 0.29) is 18.4 Å². The van der Waals surface area contributed by atoms with E-state index in [1.165, 1.54) is 6.07 Å². The molecule has 0 bridgehead atoms. The van der Waals surface area contributed by atoms with Gasteiger partial charge in [-0.05, 0) is 25.0 Å².